The molecule has 0 aliphatic heterocycles. The monoisotopic (exact) mass is 288 g/mol. The molecule has 4 heteroatoms. The normalized spacial score (nSPS) is 11.7. The van der Waals surface area contributed by atoms with E-state index in [2.05, 4.69) is 19.2 Å². The number of nitriles is 1. The van der Waals surface area contributed by atoms with Gasteiger partial charge in [0.2, 0.25) is 5.91 Å². The van der Waals surface area contributed by atoms with E-state index in [1.807, 2.05) is 6.07 Å². The smallest absolute Gasteiger partial charge is 0.250 e. The Morgan fingerprint density at radius 3 is 2.62 bits per heavy atom. The van der Waals surface area contributed by atoms with Crippen LogP contribution in [-0.4, -0.2) is 19.1 Å². The Kier molecular flexibility index (Phi) is 8.15. The summed E-state index contributed by atoms with van der Waals surface area (Å²) in [5.41, 5.74) is 1.26. The van der Waals surface area contributed by atoms with Crippen molar-refractivity contribution in [2.75, 3.05) is 18.5 Å². The van der Waals surface area contributed by atoms with Gasteiger partial charge in [0.05, 0.1) is 18.2 Å². The largest absolute Gasteiger partial charge is 0.371 e. The molecule has 0 aliphatic carbocycles. The highest BCUT2D eigenvalue weighted by Crippen LogP contribution is 2.13. The summed E-state index contributed by atoms with van der Waals surface area (Å²) in [5.74, 6) is 0.373. The minimum atomic E-state index is -0.162. The maximum absolute atomic E-state index is 11.7. The Hall–Kier alpha value is -1.86. The molecule has 0 saturated heterocycles. The summed E-state index contributed by atoms with van der Waals surface area (Å²) in [7, 11) is 0. The van der Waals surface area contributed by atoms with Gasteiger partial charge in [-0.1, -0.05) is 33.1 Å². The Labute approximate surface area is 127 Å². The molecule has 0 spiro atoms. The number of anilines is 1. The molecule has 114 valence electrons. The van der Waals surface area contributed by atoms with Crippen molar-refractivity contribution in [1.82, 2.24) is 0 Å². The van der Waals surface area contributed by atoms with E-state index >= 15 is 0 Å². The zero-order valence-electron chi connectivity index (χ0n) is 12.9. The summed E-state index contributed by atoms with van der Waals surface area (Å²) in [4.78, 5) is 11.7. The molecule has 1 aromatic carbocycles. The molecule has 1 rings (SSSR count). The fourth-order valence-electron chi connectivity index (χ4n) is 2.04. The fourth-order valence-corrected chi connectivity index (χ4v) is 2.04. The molecule has 0 aromatic heterocycles. The number of nitrogens with one attached hydrogen (secondary N) is 1. The van der Waals surface area contributed by atoms with Gasteiger partial charge in [-0.15, -0.1) is 0 Å². The van der Waals surface area contributed by atoms with Crippen molar-refractivity contribution in [3.63, 3.8) is 0 Å². The van der Waals surface area contributed by atoms with E-state index in [0.717, 1.165) is 12.8 Å². The first-order valence-electron chi connectivity index (χ1n) is 7.57. The zero-order chi connectivity index (χ0) is 15.5. The molecule has 1 atom stereocenters. The summed E-state index contributed by atoms with van der Waals surface area (Å²) in [6.07, 6.45) is 4.64. The number of ether oxygens (including phenoxy) is 1. The molecule has 0 heterocycles. The molecule has 0 radical (unpaired) electrons. The van der Waals surface area contributed by atoms with Crippen molar-refractivity contribution in [3.05, 3.63) is 29.8 Å². The summed E-state index contributed by atoms with van der Waals surface area (Å²) >= 11 is 0. The lowest BCUT2D eigenvalue weighted by Gasteiger charge is -2.14. The van der Waals surface area contributed by atoms with Gasteiger partial charge in [0.1, 0.15) is 6.61 Å². The maximum Gasteiger partial charge on any atom is 0.250 e. The first-order chi connectivity index (χ1) is 10.2. The third-order valence-electron chi connectivity index (χ3n) is 3.43. The van der Waals surface area contributed by atoms with Crippen LogP contribution in [0.4, 0.5) is 5.69 Å². The van der Waals surface area contributed by atoms with Crippen LogP contribution < -0.4 is 5.32 Å². The SMILES string of the molecule is CCCCC(CC)COCC(=O)Nc1ccc(C#N)cc1. The van der Waals surface area contributed by atoms with E-state index in [1.165, 1.54) is 12.8 Å². The van der Waals surface area contributed by atoms with Crippen LogP contribution in [0, 0.1) is 17.2 Å². The quantitative estimate of drug-likeness (QED) is 0.753. The third kappa shape index (κ3) is 6.92. The number of carbonyl (C=O) groups is 1. The van der Waals surface area contributed by atoms with Gasteiger partial charge in [-0.2, -0.15) is 5.26 Å². The molecule has 1 aromatic rings. The predicted molar refractivity (Wildman–Crippen MR) is 83.9 cm³/mol. The number of carbonyl (C=O) groups excluding carboxylic acids is 1. The lowest BCUT2D eigenvalue weighted by Crippen LogP contribution is -2.20. The fraction of sp³-hybridized carbons (Fsp3) is 0.529. The highest BCUT2D eigenvalue weighted by atomic mass is 16.5. The topological polar surface area (TPSA) is 62.1 Å². The van der Waals surface area contributed by atoms with Crippen molar-refractivity contribution < 1.29 is 9.53 Å². The van der Waals surface area contributed by atoms with E-state index in [9.17, 15) is 4.79 Å². The van der Waals surface area contributed by atoms with Crippen molar-refractivity contribution >= 4 is 11.6 Å². The van der Waals surface area contributed by atoms with Crippen molar-refractivity contribution in [1.29, 1.82) is 5.26 Å². The summed E-state index contributed by atoms with van der Waals surface area (Å²) in [5, 5.41) is 11.5. The zero-order valence-corrected chi connectivity index (χ0v) is 12.9. The van der Waals surface area contributed by atoms with Crippen molar-refractivity contribution in [3.8, 4) is 6.07 Å². The molecule has 1 N–H and O–H groups in total. The Bertz CT molecular complexity index is 463. The molecule has 1 unspecified atom stereocenters. The van der Waals surface area contributed by atoms with Crippen LogP contribution in [0.15, 0.2) is 24.3 Å². The van der Waals surface area contributed by atoms with Crippen LogP contribution in [0.3, 0.4) is 0 Å². The summed E-state index contributed by atoms with van der Waals surface area (Å²) < 4.78 is 5.50. The average molecular weight is 288 g/mol. The first-order valence-corrected chi connectivity index (χ1v) is 7.57. The molecule has 0 fully saturated rings. The Balaban J connectivity index is 2.28. The van der Waals surface area contributed by atoms with E-state index < -0.39 is 0 Å². The molecular weight excluding hydrogens is 264 g/mol. The standard InChI is InChI=1S/C17H24N2O2/c1-3-5-6-14(4-2)12-21-13-17(20)19-16-9-7-15(11-18)8-10-16/h7-10,14H,3-6,12-13H2,1-2H3,(H,19,20). The average Bonchev–Trinajstić information content (AvgIpc) is 2.51. The molecule has 1 amide bonds. The minimum absolute atomic E-state index is 0.0721. The van der Waals surface area contributed by atoms with E-state index in [-0.39, 0.29) is 12.5 Å². The maximum atomic E-state index is 11.7. The lowest BCUT2D eigenvalue weighted by molar-refractivity contribution is -0.121. The van der Waals surface area contributed by atoms with Gasteiger partial charge in [-0.05, 0) is 36.6 Å². The van der Waals surface area contributed by atoms with Gasteiger partial charge in [-0.3, -0.25) is 4.79 Å². The number of rotatable bonds is 9. The van der Waals surface area contributed by atoms with Crippen molar-refractivity contribution in [2.45, 2.75) is 39.5 Å². The molecule has 0 bridgehead atoms. The molecular formula is C17H24N2O2. The van der Waals surface area contributed by atoms with Gasteiger partial charge >= 0.3 is 0 Å². The van der Waals surface area contributed by atoms with E-state index in [0.29, 0.717) is 23.8 Å². The summed E-state index contributed by atoms with van der Waals surface area (Å²) in [6.45, 7) is 5.04. The number of amides is 1. The second-order valence-electron chi connectivity index (χ2n) is 5.17. The van der Waals surface area contributed by atoms with Crippen LogP contribution in [0.2, 0.25) is 0 Å². The third-order valence-corrected chi connectivity index (χ3v) is 3.43. The number of hydrogen-bond donors (Lipinski definition) is 1. The van der Waals surface area contributed by atoms with Gasteiger partial charge < -0.3 is 10.1 Å². The Morgan fingerprint density at radius 1 is 1.33 bits per heavy atom. The number of nitrogens with zero attached hydrogens (tertiary/aromatic N) is 1. The second-order valence-corrected chi connectivity index (χ2v) is 5.17. The number of unbranched alkanes of at least 4 members (excludes halogenated alkanes) is 1. The summed E-state index contributed by atoms with van der Waals surface area (Å²) in [6, 6.07) is 8.82. The van der Waals surface area contributed by atoms with Crippen molar-refractivity contribution in [2.24, 2.45) is 5.92 Å². The second kappa shape index (κ2) is 9.95. The molecule has 0 aliphatic rings. The Morgan fingerprint density at radius 2 is 2.05 bits per heavy atom. The highest BCUT2D eigenvalue weighted by Gasteiger charge is 2.08. The van der Waals surface area contributed by atoms with Gasteiger partial charge in [0.25, 0.3) is 0 Å². The number of benzene rings is 1. The van der Waals surface area contributed by atoms with Crippen LogP contribution in [0.1, 0.15) is 45.1 Å². The molecule has 21 heavy (non-hydrogen) atoms. The molecule has 0 saturated carbocycles. The minimum Gasteiger partial charge on any atom is -0.371 e. The van der Waals surface area contributed by atoms with Gasteiger partial charge in [-0.25, -0.2) is 0 Å². The lowest BCUT2D eigenvalue weighted by atomic mass is 10.0. The number of hydrogen-bond acceptors (Lipinski definition) is 3. The van der Waals surface area contributed by atoms with Gasteiger partial charge in [0, 0.05) is 5.69 Å². The van der Waals surface area contributed by atoms with Crippen LogP contribution in [0.25, 0.3) is 0 Å². The van der Waals surface area contributed by atoms with Crippen LogP contribution in [0.5, 0.6) is 0 Å². The molecule has 4 nitrogen and oxygen atoms in total. The first kappa shape index (κ1) is 17.2. The van der Waals surface area contributed by atoms with E-state index in [4.69, 9.17) is 10.00 Å². The van der Waals surface area contributed by atoms with Gasteiger partial charge in [0.15, 0.2) is 0 Å². The highest BCUT2D eigenvalue weighted by molar-refractivity contribution is 5.91. The predicted octanol–water partition coefficient (Wildman–Crippen LogP) is 3.73. The van der Waals surface area contributed by atoms with Crippen LogP contribution in [-0.2, 0) is 9.53 Å². The van der Waals surface area contributed by atoms with E-state index in [1.54, 1.807) is 24.3 Å². The van der Waals surface area contributed by atoms with Crippen LogP contribution >= 0.6 is 0 Å².